The van der Waals surface area contributed by atoms with Gasteiger partial charge >= 0.3 is 5.97 Å². The van der Waals surface area contributed by atoms with Gasteiger partial charge in [-0.1, -0.05) is 53.7 Å². The Morgan fingerprint density at radius 2 is 1.59 bits per heavy atom. The lowest BCUT2D eigenvalue weighted by Crippen LogP contribution is -2.21. The zero-order valence-electron chi connectivity index (χ0n) is 17.4. The lowest BCUT2D eigenvalue weighted by Gasteiger charge is -2.26. The molecule has 0 unspecified atom stereocenters. The molecular formula is C25H20N2O5. The van der Waals surface area contributed by atoms with Crippen molar-refractivity contribution in [2.75, 3.05) is 6.61 Å². The minimum absolute atomic E-state index is 0.135. The number of esters is 1. The van der Waals surface area contributed by atoms with Gasteiger partial charge in [0.2, 0.25) is 5.82 Å². The van der Waals surface area contributed by atoms with Gasteiger partial charge in [0.1, 0.15) is 23.2 Å². The normalized spacial score (nSPS) is 12.4. The molecule has 4 aromatic rings. The van der Waals surface area contributed by atoms with E-state index in [9.17, 15) is 4.79 Å². The molecule has 0 saturated carbocycles. The molecule has 0 fully saturated rings. The number of carbonyl (C=O) groups is 1. The first kappa shape index (κ1) is 19.8. The predicted molar refractivity (Wildman–Crippen MR) is 116 cm³/mol. The molecule has 0 bridgehead atoms. The third kappa shape index (κ3) is 3.69. The minimum atomic E-state index is -0.600. The van der Waals surface area contributed by atoms with E-state index in [0.29, 0.717) is 35.2 Å². The summed E-state index contributed by atoms with van der Waals surface area (Å²) in [6.45, 7) is 2.29. The van der Waals surface area contributed by atoms with Gasteiger partial charge in [-0.15, -0.1) is 0 Å². The molecule has 7 heteroatoms. The Labute approximate surface area is 184 Å². The Hall–Kier alpha value is -4.13. The maximum Gasteiger partial charge on any atom is 0.318 e. The molecule has 1 aromatic heterocycles. The first-order valence-electron chi connectivity index (χ1n) is 10.3. The molecule has 1 aliphatic rings. The lowest BCUT2D eigenvalue weighted by atomic mass is 9.88. The van der Waals surface area contributed by atoms with Gasteiger partial charge in [-0.05, 0) is 31.2 Å². The van der Waals surface area contributed by atoms with E-state index in [1.54, 1.807) is 0 Å². The molecule has 32 heavy (non-hydrogen) atoms. The highest BCUT2D eigenvalue weighted by molar-refractivity contribution is 5.85. The summed E-state index contributed by atoms with van der Waals surface area (Å²) in [4.78, 5) is 17.5. The van der Waals surface area contributed by atoms with Gasteiger partial charge in [0.25, 0.3) is 5.89 Å². The van der Waals surface area contributed by atoms with Crippen LogP contribution in [0.15, 0.2) is 77.3 Å². The van der Waals surface area contributed by atoms with Crippen LogP contribution in [0.2, 0.25) is 0 Å². The van der Waals surface area contributed by atoms with Crippen LogP contribution in [0.3, 0.4) is 0 Å². The molecule has 0 amide bonds. The third-order valence-corrected chi connectivity index (χ3v) is 5.15. The van der Waals surface area contributed by atoms with Crippen LogP contribution in [-0.4, -0.2) is 22.7 Å². The number of hydrogen-bond donors (Lipinski definition) is 0. The van der Waals surface area contributed by atoms with Crippen molar-refractivity contribution in [2.24, 2.45) is 0 Å². The third-order valence-electron chi connectivity index (χ3n) is 5.15. The van der Waals surface area contributed by atoms with E-state index in [1.165, 1.54) is 0 Å². The maximum atomic E-state index is 13.1. The van der Waals surface area contributed by atoms with Crippen LogP contribution < -0.4 is 9.47 Å². The summed E-state index contributed by atoms with van der Waals surface area (Å²) in [7, 11) is 0. The van der Waals surface area contributed by atoms with Crippen molar-refractivity contribution in [1.29, 1.82) is 0 Å². The topological polar surface area (TPSA) is 83.7 Å². The van der Waals surface area contributed by atoms with Crippen molar-refractivity contribution in [3.63, 3.8) is 0 Å². The number of aromatic nitrogens is 2. The fourth-order valence-electron chi connectivity index (χ4n) is 3.74. The van der Waals surface area contributed by atoms with E-state index in [1.807, 2.05) is 79.7 Å². The summed E-state index contributed by atoms with van der Waals surface area (Å²) in [6, 6.07) is 22.3. The maximum absolute atomic E-state index is 13.1. The number of benzene rings is 3. The molecule has 7 nitrogen and oxygen atoms in total. The molecule has 2 heterocycles. The number of ether oxygens (including phenoxy) is 3. The first-order valence-corrected chi connectivity index (χ1v) is 10.3. The van der Waals surface area contributed by atoms with E-state index >= 15 is 0 Å². The highest BCUT2D eigenvalue weighted by atomic mass is 16.6. The average Bonchev–Trinajstić information content (AvgIpc) is 3.30. The fourth-order valence-corrected chi connectivity index (χ4v) is 3.74. The molecule has 5 rings (SSSR count). The molecular weight excluding hydrogens is 408 g/mol. The molecule has 0 atom stereocenters. The van der Waals surface area contributed by atoms with Crippen molar-refractivity contribution in [3.8, 4) is 28.6 Å². The largest absolute Gasteiger partial charge is 0.493 e. The molecule has 3 aromatic carbocycles. The number of para-hydroxylation sites is 3. The summed E-state index contributed by atoms with van der Waals surface area (Å²) in [5.74, 6) is 1.51. The Balaban J connectivity index is 1.36. The number of fused-ring (bicyclic) bond motifs is 2. The highest BCUT2D eigenvalue weighted by Crippen LogP contribution is 2.44. The summed E-state index contributed by atoms with van der Waals surface area (Å²) in [5, 5.41) is 4.01. The van der Waals surface area contributed by atoms with E-state index in [4.69, 9.17) is 18.7 Å². The van der Waals surface area contributed by atoms with Gasteiger partial charge in [0.15, 0.2) is 6.61 Å². The van der Waals surface area contributed by atoms with Crippen LogP contribution in [0.1, 0.15) is 29.9 Å². The number of carbonyl (C=O) groups excluding carboxylic acids is 1. The molecule has 0 N–H and O–H groups in total. The minimum Gasteiger partial charge on any atom is -0.493 e. The molecule has 160 valence electrons. The highest BCUT2D eigenvalue weighted by Gasteiger charge is 2.33. The average molecular weight is 428 g/mol. The predicted octanol–water partition coefficient (Wildman–Crippen LogP) is 5.12. The molecule has 0 radical (unpaired) electrons. The van der Waals surface area contributed by atoms with Gasteiger partial charge in [0.05, 0.1) is 12.2 Å². The summed E-state index contributed by atoms with van der Waals surface area (Å²) in [5.41, 5.74) is 2.23. The Kier molecular flexibility index (Phi) is 5.29. The van der Waals surface area contributed by atoms with E-state index < -0.39 is 11.9 Å². The van der Waals surface area contributed by atoms with Gasteiger partial charge < -0.3 is 18.7 Å². The fraction of sp³-hybridized carbons (Fsp3) is 0.160. The molecule has 1 aliphatic heterocycles. The van der Waals surface area contributed by atoms with Gasteiger partial charge in [-0.2, -0.15) is 4.98 Å². The van der Waals surface area contributed by atoms with Gasteiger partial charge in [0, 0.05) is 11.1 Å². The molecule has 0 aliphatic carbocycles. The van der Waals surface area contributed by atoms with Gasteiger partial charge in [-0.25, -0.2) is 0 Å². The van der Waals surface area contributed by atoms with Crippen LogP contribution in [-0.2, 0) is 16.1 Å². The summed E-state index contributed by atoms with van der Waals surface area (Å²) >= 11 is 0. The zero-order valence-corrected chi connectivity index (χ0v) is 17.4. The van der Waals surface area contributed by atoms with Crippen LogP contribution in [0, 0.1) is 0 Å². The number of nitrogens with zero attached hydrogens (tertiary/aromatic N) is 2. The van der Waals surface area contributed by atoms with Gasteiger partial charge in [-0.3, -0.25) is 4.79 Å². The zero-order chi connectivity index (χ0) is 21.9. The second-order valence-electron chi connectivity index (χ2n) is 7.16. The van der Waals surface area contributed by atoms with E-state index in [-0.39, 0.29) is 12.5 Å². The standard InChI is InChI=1S/C25H20N2O5/c1-2-29-19-12-6-5-11-18(19)24-26-22(32-27-24)15-30-25(28)23-16-9-3-7-13-20(16)31-21-14-8-4-10-17(21)23/h3-14,23H,2,15H2,1H3. The number of rotatable bonds is 6. The summed E-state index contributed by atoms with van der Waals surface area (Å²) in [6.07, 6.45) is 0. The van der Waals surface area contributed by atoms with Crippen molar-refractivity contribution < 1.29 is 23.5 Å². The number of hydrogen-bond acceptors (Lipinski definition) is 7. The van der Waals surface area contributed by atoms with Crippen molar-refractivity contribution in [1.82, 2.24) is 10.1 Å². The van der Waals surface area contributed by atoms with Crippen molar-refractivity contribution >= 4 is 5.97 Å². The Morgan fingerprint density at radius 1 is 0.938 bits per heavy atom. The van der Waals surface area contributed by atoms with Crippen LogP contribution in [0.4, 0.5) is 0 Å². The smallest absolute Gasteiger partial charge is 0.318 e. The SMILES string of the molecule is CCOc1ccccc1-c1noc(COC(=O)C2c3ccccc3Oc3ccccc32)n1. The van der Waals surface area contributed by atoms with Crippen LogP contribution in [0.5, 0.6) is 17.2 Å². The first-order chi connectivity index (χ1) is 15.7. The molecule has 0 saturated heterocycles. The second-order valence-corrected chi connectivity index (χ2v) is 7.16. The van der Waals surface area contributed by atoms with Crippen molar-refractivity contribution in [3.05, 3.63) is 89.8 Å². The lowest BCUT2D eigenvalue weighted by molar-refractivity contribution is -0.146. The Bertz CT molecular complexity index is 1220. The van der Waals surface area contributed by atoms with Crippen LogP contribution in [0.25, 0.3) is 11.4 Å². The Morgan fingerprint density at radius 3 is 2.31 bits per heavy atom. The summed E-state index contributed by atoms with van der Waals surface area (Å²) < 4.78 is 22.5. The second kappa shape index (κ2) is 8.55. The van der Waals surface area contributed by atoms with Crippen LogP contribution >= 0.6 is 0 Å². The quantitative estimate of drug-likeness (QED) is 0.394. The van der Waals surface area contributed by atoms with E-state index in [0.717, 1.165) is 11.1 Å². The molecule has 0 spiro atoms. The van der Waals surface area contributed by atoms with Crippen molar-refractivity contribution in [2.45, 2.75) is 19.4 Å². The van der Waals surface area contributed by atoms with E-state index in [2.05, 4.69) is 10.1 Å². The monoisotopic (exact) mass is 428 g/mol.